The van der Waals surface area contributed by atoms with Crippen LogP contribution in [0.4, 0.5) is 0 Å². The van der Waals surface area contributed by atoms with Crippen molar-refractivity contribution in [1.82, 2.24) is 10.2 Å². The predicted molar refractivity (Wildman–Crippen MR) is 108 cm³/mol. The number of aryl methyl sites for hydroxylation is 1. The number of nitrogens with zero attached hydrogens (tertiary/aromatic N) is 1. The second kappa shape index (κ2) is 9.78. The molecule has 0 radical (unpaired) electrons. The van der Waals surface area contributed by atoms with Crippen LogP contribution >= 0.6 is 0 Å². The molecule has 2 aromatic rings. The summed E-state index contributed by atoms with van der Waals surface area (Å²) in [6.07, 6.45) is -0.195. The van der Waals surface area contributed by atoms with E-state index in [1.165, 1.54) is 12.0 Å². The lowest BCUT2D eigenvalue weighted by Crippen LogP contribution is -2.58. The topological polar surface area (TPSA) is 94.2 Å². The van der Waals surface area contributed by atoms with E-state index in [1.54, 1.807) is 24.3 Å². The molecule has 1 fully saturated rings. The monoisotopic (exact) mass is 412 g/mol. The van der Waals surface area contributed by atoms with Crippen LogP contribution in [0.25, 0.3) is 0 Å². The van der Waals surface area contributed by atoms with Gasteiger partial charge in [0.15, 0.2) is 6.61 Å². The molecule has 1 N–H and O–H groups in total. The summed E-state index contributed by atoms with van der Waals surface area (Å²) in [6.45, 7) is 2.39. The highest BCUT2D eigenvalue weighted by molar-refractivity contribution is 5.92. The minimum Gasteiger partial charge on any atom is -0.484 e. The quantitative estimate of drug-likeness (QED) is 0.700. The van der Waals surface area contributed by atoms with E-state index < -0.39 is 12.0 Å². The Morgan fingerprint density at radius 2 is 1.63 bits per heavy atom. The second-order valence-corrected chi connectivity index (χ2v) is 6.85. The van der Waals surface area contributed by atoms with E-state index in [-0.39, 0.29) is 24.8 Å². The number of amides is 2. The fraction of sp³-hybridized carbons (Fsp3) is 0.318. The Balaban J connectivity index is 1.56. The summed E-state index contributed by atoms with van der Waals surface area (Å²) in [5.41, 5.74) is 1.15. The third-order valence-electron chi connectivity index (χ3n) is 4.68. The molecule has 1 atom stereocenters. The number of carbonyl (C=O) groups is 3. The van der Waals surface area contributed by atoms with Gasteiger partial charge in [0, 0.05) is 13.1 Å². The number of rotatable bonds is 7. The third kappa shape index (κ3) is 5.50. The first-order chi connectivity index (χ1) is 14.5. The normalized spacial score (nSPS) is 15.9. The average molecular weight is 412 g/mol. The van der Waals surface area contributed by atoms with Crippen LogP contribution in [0.2, 0.25) is 0 Å². The molecule has 30 heavy (non-hydrogen) atoms. The van der Waals surface area contributed by atoms with Crippen LogP contribution < -0.4 is 14.8 Å². The van der Waals surface area contributed by atoms with Crippen molar-refractivity contribution < 1.29 is 28.6 Å². The van der Waals surface area contributed by atoms with E-state index in [2.05, 4.69) is 10.1 Å². The maximum atomic E-state index is 12.6. The van der Waals surface area contributed by atoms with Crippen molar-refractivity contribution in [2.75, 3.05) is 26.8 Å². The predicted octanol–water partition coefficient (Wildman–Crippen LogP) is 2.06. The van der Waals surface area contributed by atoms with Gasteiger partial charge in [-0.25, -0.2) is 0 Å². The lowest BCUT2D eigenvalue weighted by atomic mass is 10.1. The number of ether oxygens (including phenoxy) is 3. The molecule has 0 spiro atoms. The molecule has 2 aromatic carbocycles. The van der Waals surface area contributed by atoms with Gasteiger partial charge < -0.3 is 24.4 Å². The van der Waals surface area contributed by atoms with Crippen LogP contribution in [-0.4, -0.2) is 55.5 Å². The van der Waals surface area contributed by atoms with Crippen molar-refractivity contribution in [2.24, 2.45) is 0 Å². The molecule has 158 valence electrons. The van der Waals surface area contributed by atoms with E-state index in [0.29, 0.717) is 24.6 Å². The molecule has 3 rings (SSSR count). The van der Waals surface area contributed by atoms with Crippen LogP contribution in [0.3, 0.4) is 0 Å². The summed E-state index contributed by atoms with van der Waals surface area (Å²) in [5.74, 6) is 0.551. The third-order valence-corrected chi connectivity index (χ3v) is 4.68. The molecule has 1 aliphatic heterocycles. The largest absolute Gasteiger partial charge is 0.484 e. The molecular formula is C22H24N2O6. The first-order valence-electron chi connectivity index (χ1n) is 9.57. The van der Waals surface area contributed by atoms with Crippen molar-refractivity contribution >= 4 is 17.8 Å². The Morgan fingerprint density at radius 3 is 2.27 bits per heavy atom. The summed E-state index contributed by atoms with van der Waals surface area (Å²) >= 11 is 0. The number of piperazine rings is 1. The lowest BCUT2D eigenvalue weighted by Gasteiger charge is -2.34. The number of benzene rings is 2. The van der Waals surface area contributed by atoms with Gasteiger partial charge in [-0.05, 0) is 43.3 Å². The first-order valence-corrected chi connectivity index (χ1v) is 9.57. The highest BCUT2D eigenvalue weighted by Gasteiger charge is 2.35. The van der Waals surface area contributed by atoms with Crippen LogP contribution in [0.1, 0.15) is 12.0 Å². The number of nitrogens with one attached hydrogen (secondary N) is 1. The minimum absolute atomic E-state index is 0.195. The molecule has 8 nitrogen and oxygen atoms in total. The van der Waals surface area contributed by atoms with Gasteiger partial charge in [0.2, 0.25) is 5.91 Å². The Morgan fingerprint density at radius 1 is 1.03 bits per heavy atom. The highest BCUT2D eigenvalue weighted by atomic mass is 16.5. The summed E-state index contributed by atoms with van der Waals surface area (Å²) in [5, 5.41) is 2.65. The SMILES string of the molecule is COC(=O)C[C@@H]1C(=O)NCCN1C(=O)COc1ccc(Oc2ccc(C)cc2)cc1. The first kappa shape index (κ1) is 21.2. The number of hydrogen-bond acceptors (Lipinski definition) is 6. The number of esters is 1. The summed E-state index contributed by atoms with van der Waals surface area (Å²) < 4.78 is 15.9. The van der Waals surface area contributed by atoms with Gasteiger partial charge in [0.25, 0.3) is 5.91 Å². The van der Waals surface area contributed by atoms with Crippen molar-refractivity contribution in [3.8, 4) is 17.2 Å². The second-order valence-electron chi connectivity index (χ2n) is 6.85. The molecule has 0 aliphatic carbocycles. The molecular weight excluding hydrogens is 388 g/mol. The zero-order valence-electron chi connectivity index (χ0n) is 16.9. The molecule has 1 heterocycles. The minimum atomic E-state index is -0.896. The molecule has 8 heteroatoms. The molecule has 0 bridgehead atoms. The number of methoxy groups -OCH3 is 1. The molecule has 1 saturated heterocycles. The lowest BCUT2D eigenvalue weighted by molar-refractivity contribution is -0.151. The van der Waals surface area contributed by atoms with Gasteiger partial charge in [-0.2, -0.15) is 0 Å². The van der Waals surface area contributed by atoms with Crippen LogP contribution in [0.5, 0.6) is 17.2 Å². The van der Waals surface area contributed by atoms with E-state index in [4.69, 9.17) is 9.47 Å². The van der Waals surface area contributed by atoms with Crippen molar-refractivity contribution in [1.29, 1.82) is 0 Å². The molecule has 0 saturated carbocycles. The van der Waals surface area contributed by atoms with E-state index >= 15 is 0 Å². The van der Waals surface area contributed by atoms with E-state index in [9.17, 15) is 14.4 Å². The maximum Gasteiger partial charge on any atom is 0.308 e. The van der Waals surface area contributed by atoms with Crippen LogP contribution in [-0.2, 0) is 19.1 Å². The molecule has 2 amide bonds. The Kier molecular flexibility index (Phi) is 6.90. The highest BCUT2D eigenvalue weighted by Crippen LogP contribution is 2.24. The number of carbonyl (C=O) groups excluding carboxylic acids is 3. The van der Waals surface area contributed by atoms with Crippen LogP contribution in [0, 0.1) is 6.92 Å². The van der Waals surface area contributed by atoms with Gasteiger partial charge in [-0.15, -0.1) is 0 Å². The molecule has 1 aliphatic rings. The molecule has 0 unspecified atom stereocenters. The number of hydrogen-bond donors (Lipinski definition) is 1. The zero-order chi connectivity index (χ0) is 21.5. The Bertz CT molecular complexity index is 895. The fourth-order valence-corrected chi connectivity index (χ4v) is 3.03. The zero-order valence-corrected chi connectivity index (χ0v) is 16.9. The molecule has 0 aromatic heterocycles. The van der Waals surface area contributed by atoms with E-state index in [1.807, 2.05) is 31.2 Å². The van der Waals surface area contributed by atoms with Gasteiger partial charge in [0.1, 0.15) is 23.3 Å². The Hall–Kier alpha value is -3.55. The van der Waals surface area contributed by atoms with Crippen molar-refractivity contribution in [2.45, 2.75) is 19.4 Å². The van der Waals surface area contributed by atoms with Crippen molar-refractivity contribution in [3.05, 3.63) is 54.1 Å². The maximum absolute atomic E-state index is 12.6. The summed E-state index contributed by atoms with van der Waals surface area (Å²) in [6, 6.07) is 13.7. The summed E-state index contributed by atoms with van der Waals surface area (Å²) in [7, 11) is 1.24. The van der Waals surface area contributed by atoms with Gasteiger partial charge in [-0.3, -0.25) is 14.4 Å². The van der Waals surface area contributed by atoms with Gasteiger partial charge >= 0.3 is 5.97 Å². The smallest absolute Gasteiger partial charge is 0.308 e. The Labute approximate surface area is 174 Å². The van der Waals surface area contributed by atoms with Crippen LogP contribution in [0.15, 0.2) is 48.5 Å². The standard InChI is InChI=1S/C22H24N2O6/c1-15-3-5-17(6-4-15)30-18-9-7-16(8-10-18)29-14-20(25)24-12-11-23-22(27)19(24)13-21(26)28-2/h3-10,19H,11-14H2,1-2H3,(H,23,27)/t19-/m1/s1. The van der Waals surface area contributed by atoms with E-state index in [0.717, 1.165) is 11.3 Å². The summed E-state index contributed by atoms with van der Waals surface area (Å²) in [4.78, 5) is 37.6. The average Bonchev–Trinajstić information content (AvgIpc) is 2.76. The fourth-order valence-electron chi connectivity index (χ4n) is 3.03. The van der Waals surface area contributed by atoms with Crippen molar-refractivity contribution in [3.63, 3.8) is 0 Å². The van der Waals surface area contributed by atoms with Gasteiger partial charge in [0.05, 0.1) is 13.5 Å². The van der Waals surface area contributed by atoms with Gasteiger partial charge in [-0.1, -0.05) is 17.7 Å².